The van der Waals surface area contributed by atoms with Gasteiger partial charge in [0.05, 0.1) is 0 Å². The van der Waals surface area contributed by atoms with Crippen molar-refractivity contribution >= 4 is 33.3 Å². The first-order valence-corrected chi connectivity index (χ1v) is 8.80. The van der Waals surface area contributed by atoms with E-state index in [4.69, 9.17) is 11.6 Å². The molecule has 1 aliphatic rings. The summed E-state index contributed by atoms with van der Waals surface area (Å²) < 4.78 is 22.6. The summed E-state index contributed by atoms with van der Waals surface area (Å²) in [6.45, 7) is 0. The number of nitrogens with one attached hydrogen (secondary N) is 2. The number of halogens is 1. The van der Waals surface area contributed by atoms with Crippen LogP contribution in [0.2, 0.25) is 5.02 Å². The van der Waals surface area contributed by atoms with Crippen LogP contribution < -0.4 is 5.32 Å². The molecule has 22 heavy (non-hydrogen) atoms. The van der Waals surface area contributed by atoms with Crippen molar-refractivity contribution in [3.8, 4) is 0 Å². The molecule has 9 heteroatoms. The third-order valence-corrected chi connectivity index (χ3v) is 4.61. The average Bonchev–Trinajstić information content (AvgIpc) is 3.10. The highest BCUT2D eigenvalue weighted by atomic mass is 35.5. The van der Waals surface area contributed by atoms with Gasteiger partial charge < -0.3 is 0 Å². The summed E-state index contributed by atoms with van der Waals surface area (Å²) in [4.78, 5) is 15.8. The Bertz CT molecular complexity index is 816. The van der Waals surface area contributed by atoms with Gasteiger partial charge in [-0.2, -0.15) is 4.98 Å². The summed E-state index contributed by atoms with van der Waals surface area (Å²) in [6.07, 6.45) is 1.74. The van der Waals surface area contributed by atoms with Gasteiger partial charge in [0.25, 0.3) is 0 Å². The van der Waals surface area contributed by atoms with Crippen molar-refractivity contribution in [2.75, 3.05) is 11.6 Å². The number of benzene rings is 1. The first-order chi connectivity index (χ1) is 10.3. The first-order valence-electron chi connectivity index (χ1n) is 6.53. The summed E-state index contributed by atoms with van der Waals surface area (Å²) in [6, 6.07) is 7.37. The van der Waals surface area contributed by atoms with Crippen LogP contribution in [-0.4, -0.2) is 35.8 Å². The normalized spacial score (nSPS) is 20.6. The van der Waals surface area contributed by atoms with Crippen molar-refractivity contribution in [3.63, 3.8) is 0 Å². The molecule has 2 N–H and O–H groups in total. The Kier molecular flexibility index (Phi) is 3.65. The standard InChI is InChI=1S/C13H13ClN4O3S/c1-22(20,21)13-16-12(17-18-13)15-11(19)10-6-9(10)7-2-4-8(14)5-3-7/h2-5,9-10H,6H2,1H3,(H2,15,16,17,18,19)/t9-,10-/m0/s1. The van der Waals surface area contributed by atoms with Crippen LogP contribution in [0.3, 0.4) is 0 Å². The number of rotatable bonds is 4. The minimum Gasteiger partial charge on any atom is -0.293 e. The minimum absolute atomic E-state index is 0.0350. The topological polar surface area (TPSA) is 105 Å². The molecule has 0 spiro atoms. The predicted molar refractivity (Wildman–Crippen MR) is 80.4 cm³/mol. The summed E-state index contributed by atoms with van der Waals surface area (Å²) in [5, 5.41) is 8.86. The number of carbonyl (C=O) groups is 1. The molecule has 0 bridgehead atoms. The highest BCUT2D eigenvalue weighted by Gasteiger charge is 2.44. The zero-order chi connectivity index (χ0) is 15.9. The van der Waals surface area contributed by atoms with Crippen molar-refractivity contribution < 1.29 is 13.2 Å². The Balaban J connectivity index is 1.64. The number of anilines is 1. The van der Waals surface area contributed by atoms with Gasteiger partial charge in [0.2, 0.25) is 26.8 Å². The van der Waals surface area contributed by atoms with Gasteiger partial charge in [-0.25, -0.2) is 13.5 Å². The molecule has 1 fully saturated rings. The van der Waals surface area contributed by atoms with E-state index in [9.17, 15) is 13.2 Å². The van der Waals surface area contributed by atoms with Crippen LogP contribution >= 0.6 is 11.6 Å². The molecule has 7 nitrogen and oxygen atoms in total. The SMILES string of the molecule is CS(=O)(=O)c1nc(NC(=O)[C@H]2C[C@H]2c2ccc(Cl)cc2)n[nH]1. The molecule has 1 amide bonds. The van der Waals surface area contributed by atoms with E-state index in [-0.39, 0.29) is 28.8 Å². The number of aromatic amines is 1. The third-order valence-electron chi connectivity index (χ3n) is 3.48. The lowest BCUT2D eigenvalue weighted by Crippen LogP contribution is -2.15. The molecule has 0 unspecified atom stereocenters. The number of sulfone groups is 1. The van der Waals surface area contributed by atoms with E-state index in [1.807, 2.05) is 12.1 Å². The van der Waals surface area contributed by atoms with Gasteiger partial charge in [-0.05, 0) is 30.0 Å². The fourth-order valence-corrected chi connectivity index (χ4v) is 2.82. The Morgan fingerprint density at radius 1 is 1.36 bits per heavy atom. The molecule has 0 radical (unpaired) electrons. The fourth-order valence-electron chi connectivity index (χ4n) is 2.23. The van der Waals surface area contributed by atoms with Crippen molar-refractivity contribution in [1.29, 1.82) is 0 Å². The van der Waals surface area contributed by atoms with Crippen LogP contribution in [0, 0.1) is 5.92 Å². The van der Waals surface area contributed by atoms with Crippen LogP contribution in [0.25, 0.3) is 0 Å². The van der Waals surface area contributed by atoms with Gasteiger partial charge in [0.1, 0.15) is 0 Å². The highest BCUT2D eigenvalue weighted by Crippen LogP contribution is 2.48. The average molecular weight is 341 g/mol. The lowest BCUT2D eigenvalue weighted by atomic mass is 10.1. The molecule has 0 saturated heterocycles. The second kappa shape index (κ2) is 5.36. The van der Waals surface area contributed by atoms with Gasteiger partial charge in [0.15, 0.2) is 0 Å². The molecule has 2 atom stereocenters. The van der Waals surface area contributed by atoms with E-state index >= 15 is 0 Å². The molecule has 1 heterocycles. The van der Waals surface area contributed by atoms with Crippen LogP contribution in [-0.2, 0) is 14.6 Å². The third kappa shape index (κ3) is 3.12. The summed E-state index contributed by atoms with van der Waals surface area (Å²) in [5.41, 5.74) is 1.05. The fraction of sp³-hybridized carbons (Fsp3) is 0.308. The van der Waals surface area contributed by atoms with E-state index in [1.54, 1.807) is 12.1 Å². The number of nitrogens with zero attached hydrogens (tertiary/aromatic N) is 2. The Labute approximate surface area is 132 Å². The van der Waals surface area contributed by atoms with Crippen molar-refractivity contribution in [1.82, 2.24) is 15.2 Å². The van der Waals surface area contributed by atoms with Crippen LogP contribution in [0.5, 0.6) is 0 Å². The Hall–Kier alpha value is -1.93. The quantitative estimate of drug-likeness (QED) is 0.879. The molecular formula is C13H13ClN4O3S. The van der Waals surface area contributed by atoms with Crippen molar-refractivity contribution in [2.45, 2.75) is 17.5 Å². The zero-order valence-electron chi connectivity index (χ0n) is 11.6. The molecule has 2 aromatic rings. The second-order valence-corrected chi connectivity index (χ2v) is 7.59. The monoisotopic (exact) mass is 340 g/mol. The largest absolute Gasteiger partial charge is 0.293 e. The van der Waals surface area contributed by atoms with E-state index in [0.717, 1.165) is 18.2 Å². The number of carbonyl (C=O) groups excluding carboxylic acids is 1. The Morgan fingerprint density at radius 3 is 2.64 bits per heavy atom. The summed E-state index contributed by atoms with van der Waals surface area (Å²) in [5.74, 6) is -0.280. The number of H-pyrrole nitrogens is 1. The maximum Gasteiger partial charge on any atom is 0.249 e. The Morgan fingerprint density at radius 2 is 2.05 bits per heavy atom. The molecule has 1 aromatic heterocycles. The van der Waals surface area contributed by atoms with Crippen molar-refractivity contribution in [2.24, 2.45) is 5.92 Å². The van der Waals surface area contributed by atoms with Gasteiger partial charge >= 0.3 is 0 Å². The maximum atomic E-state index is 12.1. The minimum atomic E-state index is -3.47. The number of hydrogen-bond donors (Lipinski definition) is 2. The molecule has 1 saturated carbocycles. The van der Waals surface area contributed by atoms with Gasteiger partial charge in [0, 0.05) is 17.2 Å². The van der Waals surface area contributed by atoms with E-state index < -0.39 is 9.84 Å². The molecule has 0 aliphatic heterocycles. The molecule has 1 aliphatic carbocycles. The summed E-state index contributed by atoms with van der Waals surface area (Å²) in [7, 11) is -3.47. The van der Waals surface area contributed by atoms with Crippen LogP contribution in [0.1, 0.15) is 17.9 Å². The molecule has 116 valence electrons. The van der Waals surface area contributed by atoms with E-state index in [1.165, 1.54) is 0 Å². The molecule has 1 aromatic carbocycles. The first kappa shape index (κ1) is 15.0. The predicted octanol–water partition coefficient (Wildman–Crippen LogP) is 1.60. The summed E-state index contributed by atoms with van der Waals surface area (Å²) >= 11 is 5.83. The molecular weight excluding hydrogens is 328 g/mol. The highest BCUT2D eigenvalue weighted by molar-refractivity contribution is 7.90. The lowest BCUT2D eigenvalue weighted by molar-refractivity contribution is -0.117. The molecule has 3 rings (SSSR count). The van der Waals surface area contributed by atoms with E-state index in [0.29, 0.717) is 5.02 Å². The van der Waals surface area contributed by atoms with Gasteiger partial charge in [-0.3, -0.25) is 10.1 Å². The van der Waals surface area contributed by atoms with Crippen LogP contribution in [0.15, 0.2) is 29.4 Å². The van der Waals surface area contributed by atoms with Crippen molar-refractivity contribution in [3.05, 3.63) is 34.9 Å². The number of amides is 1. The van der Waals surface area contributed by atoms with Gasteiger partial charge in [-0.15, -0.1) is 5.10 Å². The van der Waals surface area contributed by atoms with E-state index in [2.05, 4.69) is 20.5 Å². The number of hydrogen-bond acceptors (Lipinski definition) is 5. The van der Waals surface area contributed by atoms with Gasteiger partial charge in [-0.1, -0.05) is 23.7 Å². The lowest BCUT2D eigenvalue weighted by Gasteiger charge is -2.01. The zero-order valence-corrected chi connectivity index (χ0v) is 13.1. The van der Waals surface area contributed by atoms with Crippen LogP contribution in [0.4, 0.5) is 5.95 Å². The smallest absolute Gasteiger partial charge is 0.249 e. The number of aromatic nitrogens is 3. The maximum absolute atomic E-state index is 12.1. The second-order valence-electron chi connectivity index (χ2n) is 5.23.